The van der Waals surface area contributed by atoms with Crippen molar-refractivity contribution in [3.8, 4) is 22.3 Å². The Bertz CT molecular complexity index is 3730. The second-order valence-electron chi connectivity index (χ2n) is 28.2. The number of rotatable bonds is 3. The fourth-order valence-corrected chi connectivity index (χ4v) is 16.4. The van der Waals surface area contributed by atoms with Gasteiger partial charge in [-0.3, -0.25) is 0 Å². The zero-order chi connectivity index (χ0) is 54.1. The van der Waals surface area contributed by atoms with Crippen LogP contribution in [0, 0.1) is 20.7 Å². The van der Waals surface area contributed by atoms with E-state index in [0.717, 1.165) is 59.8 Å². The van der Waals surface area contributed by atoms with Crippen molar-refractivity contribution in [1.82, 2.24) is 0 Å². The van der Waals surface area contributed by atoms with Crippen LogP contribution in [0.25, 0.3) is 22.3 Å². The summed E-state index contributed by atoms with van der Waals surface area (Å²) in [7, 11) is 0. The van der Waals surface area contributed by atoms with Gasteiger partial charge in [0.2, 0.25) is 0 Å². The Balaban J connectivity index is 1.18. The van der Waals surface area contributed by atoms with Crippen LogP contribution >= 0.6 is 0 Å². The summed E-state index contributed by atoms with van der Waals surface area (Å²) in [6.07, 6.45) is 4.32. The van der Waals surface area contributed by atoms with E-state index in [1.54, 1.807) is 0 Å². The van der Waals surface area contributed by atoms with Crippen LogP contribution in [0.2, 0.25) is 0 Å². The Morgan fingerprint density at radius 1 is 0.411 bits per heavy atom. The van der Waals surface area contributed by atoms with Crippen LogP contribution in [-0.2, 0) is 37.9 Å². The molecule has 7 aromatic carbocycles. The van der Waals surface area contributed by atoms with Crippen molar-refractivity contribution in [1.29, 1.82) is 0 Å². The third kappa shape index (κ3) is 6.36. The molecule has 6 aliphatic rings. The van der Waals surface area contributed by atoms with E-state index in [9.17, 15) is 4.11 Å². The van der Waals surface area contributed by atoms with Gasteiger partial charge in [0.25, 0.3) is 6.71 Å². The number of nitrogens with zero attached hydrogens (tertiary/aromatic N) is 2. The molecule has 2 aliphatic heterocycles. The minimum atomic E-state index is -2.37. The van der Waals surface area contributed by atoms with Crippen LogP contribution < -0.4 is 26.2 Å². The molecule has 0 amide bonds. The summed E-state index contributed by atoms with van der Waals surface area (Å²) in [4.78, 5) is 5.02. The Morgan fingerprint density at radius 2 is 0.877 bits per heavy atom. The molecule has 0 atom stereocenters. The molecule has 2 nitrogen and oxygen atoms in total. The first-order chi connectivity index (χ1) is 35.3. The fourth-order valence-electron chi connectivity index (χ4n) is 16.4. The van der Waals surface area contributed by atoms with Crippen molar-refractivity contribution in [2.75, 3.05) is 9.80 Å². The van der Waals surface area contributed by atoms with Crippen LogP contribution in [0.15, 0.2) is 109 Å². The van der Waals surface area contributed by atoms with Gasteiger partial charge in [-0.15, -0.1) is 0 Å². The third-order valence-corrected chi connectivity index (χ3v) is 19.8. The molecular weight excluding hydrogens is 880 g/mol. The molecule has 370 valence electrons. The maximum Gasteiger partial charge on any atom is 0.252 e. The van der Waals surface area contributed by atoms with Crippen molar-refractivity contribution < 1.29 is 4.11 Å². The van der Waals surface area contributed by atoms with Crippen molar-refractivity contribution in [2.45, 2.75) is 181 Å². The van der Waals surface area contributed by atoms with E-state index in [2.05, 4.69) is 230 Å². The van der Waals surface area contributed by atoms with Gasteiger partial charge >= 0.3 is 0 Å². The largest absolute Gasteiger partial charge is 0.311 e. The monoisotopic (exact) mass is 960 g/mol. The first kappa shape index (κ1) is 43.6. The van der Waals surface area contributed by atoms with E-state index in [0.29, 0.717) is 5.56 Å². The van der Waals surface area contributed by atoms with Crippen molar-refractivity contribution in [2.24, 2.45) is 0 Å². The number of fused-ring (bicyclic) bond motifs is 10. The summed E-state index contributed by atoms with van der Waals surface area (Å²) in [5, 5.41) is 0. The SMILES string of the molecule is [2H]C([2H])([2H])c1cc2c3c(c1)N(c1cc4c(cc1C)C(C)(C)CC4(C)C)c1cc4c(cc1B3c1cc(-c3cccc5c3-c3ccccc3C5(C)C)ccc1N2c1cc2c(cc1C)C(C)(C)CC2(C)C)C(C)(C)CCC4(C)C. The second-order valence-corrected chi connectivity index (χ2v) is 28.2. The molecule has 0 radical (unpaired) electrons. The average Bonchev–Trinajstić information content (AvgIpc) is 3.90. The number of anilines is 6. The van der Waals surface area contributed by atoms with Crippen LogP contribution in [-0.4, -0.2) is 6.71 Å². The van der Waals surface area contributed by atoms with Crippen LogP contribution in [0.5, 0.6) is 0 Å². The van der Waals surface area contributed by atoms with Crippen molar-refractivity contribution in [3.63, 3.8) is 0 Å². The number of benzene rings is 7. The summed E-state index contributed by atoms with van der Waals surface area (Å²) in [5.74, 6) is 0. The Kier molecular flexibility index (Phi) is 8.67. The molecule has 0 N–H and O–H groups in total. The first-order valence-corrected chi connectivity index (χ1v) is 27.5. The van der Waals surface area contributed by atoms with Gasteiger partial charge < -0.3 is 9.80 Å². The van der Waals surface area contributed by atoms with Crippen molar-refractivity contribution in [3.05, 3.63) is 170 Å². The van der Waals surface area contributed by atoms with E-state index in [-0.39, 0.29) is 44.6 Å². The topological polar surface area (TPSA) is 6.48 Å². The molecule has 0 aromatic heterocycles. The molecule has 0 spiro atoms. The summed E-state index contributed by atoms with van der Waals surface area (Å²) in [6, 6.07) is 42.5. The summed E-state index contributed by atoms with van der Waals surface area (Å²) in [6.45, 7) is 35.7. The molecule has 0 unspecified atom stereocenters. The predicted octanol–water partition coefficient (Wildman–Crippen LogP) is 16.9. The van der Waals surface area contributed by atoms with Gasteiger partial charge in [0.1, 0.15) is 0 Å². The van der Waals surface area contributed by atoms with Gasteiger partial charge in [0, 0.05) is 43.7 Å². The van der Waals surface area contributed by atoms with Crippen LogP contribution in [0.4, 0.5) is 34.1 Å². The Labute approximate surface area is 443 Å². The molecule has 3 heteroatoms. The lowest BCUT2D eigenvalue weighted by molar-refractivity contribution is 0.332. The Hall–Kier alpha value is -5.80. The highest BCUT2D eigenvalue weighted by Gasteiger charge is 2.50. The number of aryl methyl sites for hydroxylation is 3. The molecule has 13 rings (SSSR count). The standard InChI is InChI=1S/C70H77BN2/c1-40-29-60-63-61(30-40)73(58-36-53-49(32-42(58)3)67(10,11)39-69(53,14)15)59-37-51-50(64(4,5)27-28-65(51,6)7)34-55(59)71(63)54-33-43(44-22-20-24-47-62(44)45-21-18-19-23-46(45)70(47,16)17)25-26-56(54)72(60)57-35-52-48(31-41(57)2)66(8,9)38-68(52,12)13/h18-26,29-37H,27-28,38-39H2,1-17H3/i1D3. The molecule has 4 aliphatic carbocycles. The molecule has 0 bridgehead atoms. The highest BCUT2D eigenvalue weighted by atomic mass is 15.2. The average molecular weight is 960 g/mol. The summed E-state index contributed by atoms with van der Waals surface area (Å²) >= 11 is 0. The Morgan fingerprint density at radius 3 is 1.45 bits per heavy atom. The molecule has 2 heterocycles. The smallest absolute Gasteiger partial charge is 0.252 e. The molecule has 0 saturated heterocycles. The zero-order valence-corrected chi connectivity index (χ0v) is 46.7. The second kappa shape index (κ2) is 14.5. The van der Waals surface area contributed by atoms with Gasteiger partial charge in [0.15, 0.2) is 0 Å². The third-order valence-electron chi connectivity index (χ3n) is 19.8. The van der Waals surface area contributed by atoms with E-state index in [1.807, 2.05) is 0 Å². The molecule has 0 fully saturated rings. The molecule has 7 aromatic rings. The maximum atomic E-state index is 9.32. The van der Waals surface area contributed by atoms with Crippen LogP contribution in [0.1, 0.15) is 188 Å². The fraction of sp³-hybridized carbons (Fsp3) is 0.400. The predicted molar refractivity (Wildman–Crippen MR) is 314 cm³/mol. The van der Waals surface area contributed by atoms with Gasteiger partial charge in [-0.1, -0.05) is 170 Å². The summed E-state index contributed by atoms with van der Waals surface area (Å²) < 4.78 is 28.0. The van der Waals surface area contributed by atoms with Crippen molar-refractivity contribution >= 4 is 57.2 Å². The maximum absolute atomic E-state index is 9.32. The minimum absolute atomic E-state index is 0.0224. The van der Waals surface area contributed by atoms with Gasteiger partial charge in [0.05, 0.1) is 0 Å². The van der Waals surface area contributed by atoms with E-state index in [1.165, 1.54) is 94.3 Å². The first-order valence-electron chi connectivity index (χ1n) is 29.0. The van der Waals surface area contributed by atoms with E-state index < -0.39 is 6.85 Å². The molecule has 73 heavy (non-hydrogen) atoms. The lowest BCUT2D eigenvalue weighted by Gasteiger charge is -2.48. The van der Waals surface area contributed by atoms with Crippen LogP contribution in [0.3, 0.4) is 0 Å². The van der Waals surface area contributed by atoms with Gasteiger partial charge in [-0.2, -0.15) is 0 Å². The number of hydrogen-bond acceptors (Lipinski definition) is 2. The van der Waals surface area contributed by atoms with E-state index >= 15 is 0 Å². The molecule has 0 saturated carbocycles. The highest BCUT2D eigenvalue weighted by molar-refractivity contribution is 7.00. The quantitative estimate of drug-likeness (QED) is 0.163. The normalized spacial score (nSPS) is 21.4. The highest BCUT2D eigenvalue weighted by Crippen LogP contribution is 2.58. The summed E-state index contributed by atoms with van der Waals surface area (Å²) in [5.41, 5.74) is 28.8. The number of hydrogen-bond donors (Lipinski definition) is 0. The molecular formula is C70H77BN2. The minimum Gasteiger partial charge on any atom is -0.311 e. The zero-order valence-electron chi connectivity index (χ0n) is 49.7. The van der Waals surface area contributed by atoms with Gasteiger partial charge in [-0.25, -0.2) is 0 Å². The lowest BCUT2D eigenvalue weighted by Crippen LogP contribution is -2.62. The van der Waals surface area contributed by atoms with E-state index in [4.69, 9.17) is 0 Å². The lowest BCUT2D eigenvalue weighted by atomic mass is 9.33. The van der Waals surface area contributed by atoms with Gasteiger partial charge in [-0.05, 0) is 215 Å².